The van der Waals surface area contributed by atoms with Crippen LogP contribution in [0.5, 0.6) is 5.75 Å². The van der Waals surface area contributed by atoms with Gasteiger partial charge in [-0.15, -0.1) is 0 Å². The number of anilines is 1. The third-order valence-electron chi connectivity index (χ3n) is 2.53. The van der Waals surface area contributed by atoms with E-state index in [9.17, 15) is 0 Å². The third kappa shape index (κ3) is 3.64. The molecule has 0 fully saturated rings. The van der Waals surface area contributed by atoms with Gasteiger partial charge in [0.25, 0.3) is 0 Å². The first kappa shape index (κ1) is 12.7. The van der Waals surface area contributed by atoms with E-state index in [-0.39, 0.29) is 0 Å². The Hall–Kier alpha value is -1.74. The van der Waals surface area contributed by atoms with E-state index in [1.807, 2.05) is 54.4 Å². The maximum absolute atomic E-state index is 5.88. The highest BCUT2D eigenvalue weighted by Gasteiger charge is 2.01. The highest BCUT2D eigenvalue weighted by Crippen LogP contribution is 2.17. The Morgan fingerprint density at radius 2 is 2.11 bits per heavy atom. The summed E-state index contributed by atoms with van der Waals surface area (Å²) < 4.78 is 5.63. The molecule has 0 radical (unpaired) electrons. The molecule has 0 aliphatic heterocycles. The predicted octanol–water partition coefficient (Wildman–Crippen LogP) is 3.25. The topological polar surface area (TPSA) is 25.4 Å². The molecule has 0 amide bonds. The minimum Gasteiger partial charge on any atom is -0.492 e. The molecule has 0 spiro atoms. The Bertz CT molecular complexity index is 490. The standard InChI is InChI=1S/C14H15ClN2O/c1-17(14-7-2-3-8-16-14)9-10-18-13-6-4-5-12(15)11-13/h2-8,11H,9-10H2,1H3. The number of pyridine rings is 1. The van der Waals surface area contributed by atoms with Gasteiger partial charge >= 0.3 is 0 Å². The first-order chi connectivity index (χ1) is 8.75. The van der Waals surface area contributed by atoms with Crippen molar-refractivity contribution in [3.05, 3.63) is 53.7 Å². The zero-order valence-electron chi connectivity index (χ0n) is 10.2. The molecule has 0 unspecified atom stereocenters. The Labute approximate surface area is 112 Å². The predicted molar refractivity (Wildman–Crippen MR) is 74.5 cm³/mol. The fourth-order valence-electron chi connectivity index (χ4n) is 1.55. The summed E-state index contributed by atoms with van der Waals surface area (Å²) in [6.45, 7) is 1.36. The summed E-state index contributed by atoms with van der Waals surface area (Å²) >= 11 is 5.88. The monoisotopic (exact) mass is 262 g/mol. The number of hydrogen-bond acceptors (Lipinski definition) is 3. The molecule has 4 heteroatoms. The van der Waals surface area contributed by atoms with E-state index >= 15 is 0 Å². The summed E-state index contributed by atoms with van der Waals surface area (Å²) in [4.78, 5) is 6.31. The van der Waals surface area contributed by atoms with Gasteiger partial charge in [0.15, 0.2) is 0 Å². The number of rotatable bonds is 5. The van der Waals surface area contributed by atoms with Gasteiger partial charge in [-0.05, 0) is 30.3 Å². The van der Waals surface area contributed by atoms with E-state index in [1.54, 1.807) is 6.20 Å². The summed E-state index contributed by atoms with van der Waals surface area (Å²) in [5.41, 5.74) is 0. The van der Waals surface area contributed by atoms with Crippen molar-refractivity contribution in [2.24, 2.45) is 0 Å². The van der Waals surface area contributed by atoms with Crippen LogP contribution in [0.4, 0.5) is 5.82 Å². The van der Waals surface area contributed by atoms with Crippen LogP contribution in [0.15, 0.2) is 48.7 Å². The lowest BCUT2D eigenvalue weighted by atomic mass is 10.3. The van der Waals surface area contributed by atoms with Gasteiger partial charge in [-0.3, -0.25) is 0 Å². The molecule has 1 aromatic carbocycles. The number of aromatic nitrogens is 1. The van der Waals surface area contributed by atoms with Crippen LogP contribution in [0.2, 0.25) is 5.02 Å². The quantitative estimate of drug-likeness (QED) is 0.827. The molecule has 94 valence electrons. The largest absolute Gasteiger partial charge is 0.492 e. The smallest absolute Gasteiger partial charge is 0.128 e. The summed E-state index contributed by atoms with van der Waals surface area (Å²) in [5.74, 6) is 1.73. The Balaban J connectivity index is 1.82. The molecule has 2 rings (SSSR count). The van der Waals surface area contributed by atoms with E-state index in [2.05, 4.69) is 4.98 Å². The third-order valence-corrected chi connectivity index (χ3v) is 2.77. The van der Waals surface area contributed by atoms with E-state index in [4.69, 9.17) is 16.3 Å². The summed E-state index contributed by atoms with van der Waals surface area (Å²) in [6, 6.07) is 13.2. The minimum atomic E-state index is 0.591. The lowest BCUT2D eigenvalue weighted by molar-refractivity contribution is 0.325. The van der Waals surface area contributed by atoms with Gasteiger partial charge in [0.05, 0.1) is 6.54 Å². The first-order valence-electron chi connectivity index (χ1n) is 5.76. The van der Waals surface area contributed by atoms with Crippen LogP contribution in [0.25, 0.3) is 0 Å². The zero-order valence-corrected chi connectivity index (χ0v) is 11.0. The number of likely N-dealkylation sites (N-methyl/N-ethyl adjacent to an activating group) is 1. The average molecular weight is 263 g/mol. The van der Waals surface area contributed by atoms with Crippen molar-refractivity contribution < 1.29 is 4.74 Å². The maximum Gasteiger partial charge on any atom is 0.128 e. The van der Waals surface area contributed by atoms with Crippen molar-refractivity contribution in [1.29, 1.82) is 0 Å². The number of hydrogen-bond donors (Lipinski definition) is 0. The Kier molecular flexibility index (Phi) is 4.42. The number of nitrogens with zero attached hydrogens (tertiary/aromatic N) is 2. The fraction of sp³-hybridized carbons (Fsp3) is 0.214. The summed E-state index contributed by atoms with van der Waals surface area (Å²) in [5, 5.41) is 0.686. The van der Waals surface area contributed by atoms with Gasteiger partial charge in [0, 0.05) is 18.3 Å². The molecule has 1 heterocycles. The summed E-state index contributed by atoms with van der Waals surface area (Å²) in [7, 11) is 1.99. The molecule has 1 aromatic heterocycles. The van der Waals surface area contributed by atoms with E-state index in [1.165, 1.54) is 0 Å². The van der Waals surface area contributed by atoms with Gasteiger partial charge < -0.3 is 9.64 Å². The molecular weight excluding hydrogens is 248 g/mol. The summed E-state index contributed by atoms with van der Waals surface area (Å²) in [6.07, 6.45) is 1.78. The average Bonchev–Trinajstić information content (AvgIpc) is 2.40. The number of ether oxygens (including phenoxy) is 1. The molecule has 18 heavy (non-hydrogen) atoms. The Morgan fingerprint density at radius 1 is 1.22 bits per heavy atom. The normalized spacial score (nSPS) is 10.1. The molecule has 2 aromatic rings. The van der Waals surface area contributed by atoms with Crippen LogP contribution >= 0.6 is 11.6 Å². The molecule has 3 nitrogen and oxygen atoms in total. The van der Waals surface area contributed by atoms with E-state index in [0.717, 1.165) is 18.1 Å². The molecule has 0 bridgehead atoms. The second-order valence-electron chi connectivity index (χ2n) is 3.92. The molecular formula is C14H15ClN2O. The highest BCUT2D eigenvalue weighted by atomic mass is 35.5. The van der Waals surface area contributed by atoms with Crippen LogP contribution in [0, 0.1) is 0 Å². The SMILES string of the molecule is CN(CCOc1cccc(Cl)c1)c1ccccn1. The second kappa shape index (κ2) is 6.26. The van der Waals surface area contributed by atoms with Gasteiger partial charge in [0.1, 0.15) is 18.2 Å². The number of halogens is 1. The van der Waals surface area contributed by atoms with Gasteiger partial charge in [-0.2, -0.15) is 0 Å². The van der Waals surface area contributed by atoms with Gasteiger partial charge in [-0.25, -0.2) is 4.98 Å². The van der Waals surface area contributed by atoms with E-state index < -0.39 is 0 Å². The second-order valence-corrected chi connectivity index (χ2v) is 4.35. The van der Waals surface area contributed by atoms with Crippen LogP contribution in [0.1, 0.15) is 0 Å². The van der Waals surface area contributed by atoms with Crippen molar-refractivity contribution in [1.82, 2.24) is 4.98 Å². The number of benzene rings is 1. The molecule has 0 aliphatic carbocycles. The van der Waals surface area contributed by atoms with Crippen molar-refractivity contribution in [3.63, 3.8) is 0 Å². The minimum absolute atomic E-state index is 0.591. The lowest BCUT2D eigenvalue weighted by Gasteiger charge is -2.18. The molecule has 0 N–H and O–H groups in total. The van der Waals surface area contributed by atoms with Crippen molar-refractivity contribution >= 4 is 17.4 Å². The highest BCUT2D eigenvalue weighted by molar-refractivity contribution is 6.30. The van der Waals surface area contributed by atoms with E-state index in [0.29, 0.717) is 11.6 Å². The van der Waals surface area contributed by atoms with Crippen LogP contribution in [0.3, 0.4) is 0 Å². The molecule has 0 saturated carbocycles. The van der Waals surface area contributed by atoms with Crippen molar-refractivity contribution in [2.45, 2.75) is 0 Å². The van der Waals surface area contributed by atoms with Crippen LogP contribution < -0.4 is 9.64 Å². The molecule has 0 aliphatic rings. The van der Waals surface area contributed by atoms with Crippen molar-refractivity contribution in [2.75, 3.05) is 25.1 Å². The lowest BCUT2D eigenvalue weighted by Crippen LogP contribution is -2.24. The van der Waals surface area contributed by atoms with Crippen LogP contribution in [-0.4, -0.2) is 25.2 Å². The molecule has 0 atom stereocenters. The first-order valence-corrected chi connectivity index (χ1v) is 6.14. The van der Waals surface area contributed by atoms with Crippen molar-refractivity contribution in [3.8, 4) is 5.75 Å². The zero-order chi connectivity index (χ0) is 12.8. The maximum atomic E-state index is 5.88. The molecule has 0 saturated heterocycles. The van der Waals surface area contributed by atoms with Gasteiger partial charge in [0.2, 0.25) is 0 Å². The van der Waals surface area contributed by atoms with Crippen LogP contribution in [-0.2, 0) is 0 Å². The fourth-order valence-corrected chi connectivity index (χ4v) is 1.73. The van der Waals surface area contributed by atoms with Gasteiger partial charge in [-0.1, -0.05) is 23.7 Å². The Morgan fingerprint density at radius 3 is 2.83 bits per heavy atom.